The van der Waals surface area contributed by atoms with Crippen LogP contribution in [0.3, 0.4) is 0 Å². The monoisotopic (exact) mass is 646 g/mol. The van der Waals surface area contributed by atoms with Crippen LogP contribution in [0.25, 0.3) is 0 Å². The molecule has 2 saturated heterocycles. The van der Waals surface area contributed by atoms with Gasteiger partial charge in [0.15, 0.2) is 6.29 Å². The molecule has 13 heteroatoms. The first-order chi connectivity index (χ1) is 20.8. The molecule has 0 radical (unpaired) electrons. The summed E-state index contributed by atoms with van der Waals surface area (Å²) in [5.74, 6) is -5.52. The topological polar surface area (TPSA) is 187 Å². The van der Waals surface area contributed by atoms with Crippen molar-refractivity contribution in [1.29, 1.82) is 0 Å². The number of aliphatic hydroxyl groups is 3. The highest BCUT2D eigenvalue weighted by atomic mass is 16.7. The maximum absolute atomic E-state index is 13.7. The Morgan fingerprint density at radius 1 is 1.09 bits per heavy atom. The zero-order valence-corrected chi connectivity index (χ0v) is 28.9. The predicted octanol–water partition coefficient (Wildman–Crippen LogP) is 1.02. The molecule has 2 rings (SSSR count). The predicted molar refractivity (Wildman–Crippen MR) is 165 cm³/mol. The van der Waals surface area contributed by atoms with E-state index < -0.39 is 90.2 Å². The number of rotatable bonds is 7. The average molecular weight is 647 g/mol. The molecule has 14 atom stereocenters. The lowest BCUT2D eigenvalue weighted by molar-refractivity contribution is -0.301. The van der Waals surface area contributed by atoms with Crippen LogP contribution in [0.4, 0.5) is 0 Å². The molecule has 2 aliphatic rings. The van der Waals surface area contributed by atoms with Crippen LogP contribution in [0.2, 0.25) is 0 Å². The molecule has 45 heavy (non-hydrogen) atoms. The standard InChI is InChI=1S/C32H58N2O11/c1-12-22-32(8,40)27(38)18(4)24(36)16(2)14-31(7,41-11)28(45-30-25(37)21(34(9)10)13-17(3)42-30)19(5)26(44-23(35)15-33)20(6)29(39)43-22/h16-22,25-28,30,37-38,40H,12-15,33H2,1-11H3/t16-,17-,18+,19+,20-,21+,22?,25-,26?,27-,28-,30+,31-,32-/m1/s1. The molecule has 0 bridgehead atoms. The summed E-state index contributed by atoms with van der Waals surface area (Å²) in [5, 5.41) is 34.0. The summed E-state index contributed by atoms with van der Waals surface area (Å²) in [7, 11) is 5.16. The molecule has 13 nitrogen and oxygen atoms in total. The molecule has 0 aromatic rings. The lowest BCUT2D eigenvalue weighted by Gasteiger charge is -2.48. The summed E-state index contributed by atoms with van der Waals surface area (Å²) in [6, 6.07) is -0.289. The van der Waals surface area contributed by atoms with E-state index in [-0.39, 0.29) is 30.8 Å². The molecule has 0 saturated carbocycles. The quantitative estimate of drug-likeness (QED) is 0.288. The lowest BCUT2D eigenvalue weighted by Crippen LogP contribution is -2.60. The number of ether oxygens (including phenoxy) is 5. The zero-order valence-electron chi connectivity index (χ0n) is 28.9. The number of hydrogen-bond acceptors (Lipinski definition) is 13. The summed E-state index contributed by atoms with van der Waals surface area (Å²) in [6.45, 7) is 12.7. The molecule has 0 aliphatic carbocycles. The van der Waals surface area contributed by atoms with Crippen LogP contribution >= 0.6 is 0 Å². The third-order valence-electron chi connectivity index (χ3n) is 9.92. The van der Waals surface area contributed by atoms with Gasteiger partial charge < -0.3 is 49.6 Å². The first-order valence-electron chi connectivity index (χ1n) is 16.0. The normalized spacial score (nSPS) is 44.3. The minimum Gasteiger partial charge on any atom is -0.460 e. The number of nitrogens with two attached hydrogens (primary N) is 1. The van der Waals surface area contributed by atoms with Gasteiger partial charge in [-0.15, -0.1) is 0 Å². The molecule has 2 aliphatic heterocycles. The largest absolute Gasteiger partial charge is 0.460 e. The van der Waals surface area contributed by atoms with Crippen LogP contribution in [0, 0.1) is 23.7 Å². The molecule has 0 aromatic heterocycles. The summed E-state index contributed by atoms with van der Waals surface area (Å²) in [5.41, 5.74) is 2.36. The van der Waals surface area contributed by atoms with Crippen molar-refractivity contribution in [3.8, 4) is 0 Å². The van der Waals surface area contributed by atoms with Crippen LogP contribution in [0.5, 0.6) is 0 Å². The maximum atomic E-state index is 13.7. The summed E-state index contributed by atoms with van der Waals surface area (Å²) in [4.78, 5) is 41.9. The van der Waals surface area contributed by atoms with E-state index in [0.29, 0.717) is 6.42 Å². The van der Waals surface area contributed by atoms with Crippen molar-refractivity contribution in [3.63, 3.8) is 0 Å². The fraction of sp³-hybridized carbons (Fsp3) is 0.906. The Morgan fingerprint density at radius 3 is 2.20 bits per heavy atom. The van der Waals surface area contributed by atoms with Gasteiger partial charge in [0.25, 0.3) is 0 Å². The number of Topliss-reactive ketones (excluding diaryl/α,β-unsaturated/α-hetero) is 1. The van der Waals surface area contributed by atoms with Gasteiger partial charge in [-0.25, -0.2) is 0 Å². The Kier molecular flexibility index (Phi) is 14.0. The second-order valence-corrected chi connectivity index (χ2v) is 13.8. The summed E-state index contributed by atoms with van der Waals surface area (Å²) in [6.07, 6.45) is -6.60. The smallest absolute Gasteiger partial charge is 0.320 e. The molecule has 2 heterocycles. The number of aliphatic hydroxyl groups excluding tert-OH is 2. The minimum absolute atomic E-state index is 0.0829. The highest BCUT2D eigenvalue weighted by molar-refractivity contribution is 5.83. The maximum Gasteiger partial charge on any atom is 0.320 e. The third-order valence-corrected chi connectivity index (χ3v) is 9.92. The first kappa shape index (κ1) is 39.5. The number of cyclic esters (lactones) is 1. The van der Waals surface area contributed by atoms with Crippen molar-refractivity contribution in [2.45, 2.75) is 135 Å². The Balaban J connectivity index is 2.75. The van der Waals surface area contributed by atoms with Crippen LogP contribution < -0.4 is 5.73 Å². The van der Waals surface area contributed by atoms with Crippen LogP contribution in [0.1, 0.15) is 74.7 Å². The molecular weight excluding hydrogens is 588 g/mol. The average Bonchev–Trinajstić information content (AvgIpc) is 2.99. The molecule has 0 spiro atoms. The van der Waals surface area contributed by atoms with E-state index in [9.17, 15) is 29.7 Å². The van der Waals surface area contributed by atoms with E-state index in [2.05, 4.69) is 0 Å². The molecule has 5 N–H and O–H groups in total. The molecular formula is C32H58N2O11. The van der Waals surface area contributed by atoms with Gasteiger partial charge in [-0.05, 0) is 61.1 Å². The summed E-state index contributed by atoms with van der Waals surface area (Å²) >= 11 is 0. The van der Waals surface area contributed by atoms with E-state index in [0.717, 1.165) is 0 Å². The lowest BCUT2D eigenvalue weighted by atomic mass is 9.74. The van der Waals surface area contributed by atoms with Gasteiger partial charge in [-0.1, -0.05) is 27.7 Å². The molecule has 0 aromatic carbocycles. The van der Waals surface area contributed by atoms with Gasteiger partial charge in [-0.3, -0.25) is 14.4 Å². The fourth-order valence-electron chi connectivity index (χ4n) is 6.98. The van der Waals surface area contributed by atoms with E-state index in [4.69, 9.17) is 29.4 Å². The number of methoxy groups -OCH3 is 1. The number of carbonyl (C=O) groups excluding carboxylic acids is 3. The Morgan fingerprint density at radius 2 is 1.69 bits per heavy atom. The van der Waals surface area contributed by atoms with Crippen molar-refractivity contribution in [3.05, 3.63) is 0 Å². The van der Waals surface area contributed by atoms with Gasteiger partial charge in [0.1, 0.15) is 29.7 Å². The number of nitrogens with zero attached hydrogens (tertiary/aromatic N) is 1. The Hall–Kier alpha value is -1.71. The van der Waals surface area contributed by atoms with Crippen LogP contribution in [-0.4, -0.2) is 126 Å². The highest BCUT2D eigenvalue weighted by Crippen LogP contribution is 2.40. The molecule has 0 amide bonds. The zero-order chi connectivity index (χ0) is 34.6. The number of likely N-dealkylation sites (N-methyl/N-ethyl adjacent to an activating group) is 1. The third kappa shape index (κ3) is 8.81. The van der Waals surface area contributed by atoms with Crippen molar-refractivity contribution < 1.29 is 53.4 Å². The summed E-state index contributed by atoms with van der Waals surface area (Å²) < 4.78 is 30.3. The molecule has 2 fully saturated rings. The van der Waals surface area contributed by atoms with Gasteiger partial charge in [0.05, 0.1) is 36.4 Å². The van der Waals surface area contributed by atoms with Gasteiger partial charge >= 0.3 is 11.9 Å². The van der Waals surface area contributed by atoms with Crippen molar-refractivity contribution in [2.75, 3.05) is 27.7 Å². The minimum atomic E-state index is -1.97. The van der Waals surface area contributed by atoms with Gasteiger partial charge in [0, 0.05) is 30.9 Å². The van der Waals surface area contributed by atoms with Gasteiger partial charge in [0.2, 0.25) is 0 Å². The second kappa shape index (κ2) is 15.9. The molecule has 2 unspecified atom stereocenters. The van der Waals surface area contributed by atoms with Gasteiger partial charge in [-0.2, -0.15) is 0 Å². The van der Waals surface area contributed by atoms with Crippen LogP contribution in [0.15, 0.2) is 0 Å². The highest BCUT2D eigenvalue weighted by Gasteiger charge is 2.52. The van der Waals surface area contributed by atoms with E-state index in [1.807, 2.05) is 25.9 Å². The van der Waals surface area contributed by atoms with Crippen LogP contribution in [-0.2, 0) is 38.1 Å². The van der Waals surface area contributed by atoms with Crippen molar-refractivity contribution >= 4 is 17.7 Å². The number of ketones is 1. The Bertz CT molecular complexity index is 1010. The number of esters is 2. The fourth-order valence-corrected chi connectivity index (χ4v) is 6.98. The Labute approximate surface area is 268 Å². The van der Waals surface area contributed by atoms with E-state index >= 15 is 0 Å². The first-order valence-corrected chi connectivity index (χ1v) is 16.0. The van der Waals surface area contributed by atoms with Crippen molar-refractivity contribution in [1.82, 2.24) is 4.90 Å². The number of carbonyl (C=O) groups is 3. The molecule has 262 valence electrons. The second-order valence-electron chi connectivity index (χ2n) is 13.8. The van der Waals surface area contributed by atoms with E-state index in [1.165, 1.54) is 27.9 Å². The van der Waals surface area contributed by atoms with Crippen molar-refractivity contribution in [2.24, 2.45) is 29.4 Å². The number of hydrogen-bond donors (Lipinski definition) is 4. The van der Waals surface area contributed by atoms with E-state index in [1.54, 1.807) is 27.7 Å². The SMILES string of the molecule is CCC1OC(=O)[C@H](C)C(OC(=O)CN)[C@H](C)[C@@H](O[C@@H]2O[C@H](C)C[C@H](N(C)C)[C@H]2O)[C@](C)(OC)C[C@@H](C)C(=O)[C@H](C)[C@@H](O)[C@]1(C)O.